The van der Waals surface area contributed by atoms with Crippen molar-refractivity contribution in [3.05, 3.63) is 65.2 Å². The summed E-state index contributed by atoms with van der Waals surface area (Å²) in [6.07, 6.45) is 1.84. The van der Waals surface area contributed by atoms with Crippen LogP contribution < -0.4 is 0 Å². The van der Waals surface area contributed by atoms with Gasteiger partial charge in [0, 0.05) is 28.1 Å². The van der Waals surface area contributed by atoms with E-state index in [1.54, 1.807) is 0 Å². The summed E-state index contributed by atoms with van der Waals surface area (Å²) >= 11 is 6.04. The van der Waals surface area contributed by atoms with E-state index in [-0.39, 0.29) is 18.0 Å². The van der Waals surface area contributed by atoms with Crippen molar-refractivity contribution >= 4 is 28.4 Å². The first-order valence-corrected chi connectivity index (χ1v) is 10.3. The standard InChI is InChI=1S/C24H27ClN2O/c1-5-16(3)27(17(4)6-2)24(28)21-15-23(18-11-13-19(25)14-12-18)26-22-10-8-7-9-20(21)22/h7-17H,5-6H2,1-4H3/t16-,17-/m1/s1. The molecule has 2 aromatic carbocycles. The average molecular weight is 395 g/mol. The minimum Gasteiger partial charge on any atom is -0.333 e. The zero-order valence-corrected chi connectivity index (χ0v) is 17.7. The van der Waals surface area contributed by atoms with Crippen LogP contribution in [-0.2, 0) is 0 Å². The summed E-state index contributed by atoms with van der Waals surface area (Å²) in [6.45, 7) is 8.48. The Hall–Kier alpha value is -2.39. The number of benzene rings is 2. The van der Waals surface area contributed by atoms with Gasteiger partial charge in [-0.05, 0) is 51.0 Å². The van der Waals surface area contributed by atoms with E-state index in [9.17, 15) is 4.79 Å². The number of carbonyl (C=O) groups excluding carboxylic acids is 1. The largest absolute Gasteiger partial charge is 0.333 e. The molecule has 3 nitrogen and oxygen atoms in total. The normalized spacial score (nSPS) is 13.3. The van der Waals surface area contributed by atoms with Crippen molar-refractivity contribution in [2.45, 2.75) is 52.6 Å². The van der Waals surface area contributed by atoms with Crippen LogP contribution in [0.2, 0.25) is 5.02 Å². The molecule has 0 fully saturated rings. The smallest absolute Gasteiger partial charge is 0.255 e. The molecule has 0 spiro atoms. The Bertz CT molecular complexity index is 958. The van der Waals surface area contributed by atoms with Gasteiger partial charge >= 0.3 is 0 Å². The van der Waals surface area contributed by atoms with Gasteiger partial charge in [-0.1, -0.05) is 55.8 Å². The molecule has 28 heavy (non-hydrogen) atoms. The summed E-state index contributed by atoms with van der Waals surface area (Å²) in [4.78, 5) is 20.5. The van der Waals surface area contributed by atoms with Crippen molar-refractivity contribution in [2.75, 3.05) is 0 Å². The zero-order valence-electron chi connectivity index (χ0n) is 16.9. The number of nitrogens with zero attached hydrogens (tertiary/aromatic N) is 2. The van der Waals surface area contributed by atoms with Crippen molar-refractivity contribution in [3.63, 3.8) is 0 Å². The molecule has 0 saturated carbocycles. The molecular formula is C24H27ClN2O. The van der Waals surface area contributed by atoms with E-state index in [1.807, 2.05) is 59.5 Å². The summed E-state index contributed by atoms with van der Waals surface area (Å²) in [5, 5.41) is 1.57. The summed E-state index contributed by atoms with van der Waals surface area (Å²) in [6, 6.07) is 17.7. The molecule has 1 amide bonds. The second-order valence-electron chi connectivity index (χ2n) is 7.31. The molecule has 0 bridgehead atoms. The van der Waals surface area contributed by atoms with Crippen LogP contribution in [0.3, 0.4) is 0 Å². The lowest BCUT2D eigenvalue weighted by atomic mass is 10.0. The topological polar surface area (TPSA) is 33.2 Å². The first-order chi connectivity index (χ1) is 13.5. The van der Waals surface area contributed by atoms with Crippen LogP contribution >= 0.6 is 11.6 Å². The van der Waals surface area contributed by atoms with Gasteiger partial charge in [0.2, 0.25) is 0 Å². The molecule has 0 saturated heterocycles. The maximum atomic E-state index is 13.7. The quantitative estimate of drug-likeness (QED) is 0.472. The highest BCUT2D eigenvalue weighted by molar-refractivity contribution is 6.30. The molecule has 1 heterocycles. The van der Waals surface area contributed by atoms with Gasteiger partial charge in [0.25, 0.3) is 5.91 Å². The van der Waals surface area contributed by atoms with Gasteiger partial charge in [0.05, 0.1) is 16.8 Å². The van der Waals surface area contributed by atoms with E-state index in [4.69, 9.17) is 16.6 Å². The molecule has 0 aliphatic rings. The number of hydrogen-bond donors (Lipinski definition) is 0. The minimum atomic E-state index is 0.0671. The second-order valence-corrected chi connectivity index (χ2v) is 7.74. The lowest BCUT2D eigenvalue weighted by Crippen LogP contribution is -2.44. The number of amides is 1. The van der Waals surface area contributed by atoms with Crippen molar-refractivity contribution in [3.8, 4) is 11.3 Å². The van der Waals surface area contributed by atoms with E-state index < -0.39 is 0 Å². The average Bonchev–Trinajstić information content (AvgIpc) is 2.73. The van der Waals surface area contributed by atoms with E-state index in [0.717, 1.165) is 35.0 Å². The monoisotopic (exact) mass is 394 g/mol. The molecule has 146 valence electrons. The number of fused-ring (bicyclic) bond motifs is 1. The summed E-state index contributed by atoms with van der Waals surface area (Å²) < 4.78 is 0. The van der Waals surface area contributed by atoms with Crippen molar-refractivity contribution in [1.29, 1.82) is 0 Å². The molecule has 0 radical (unpaired) electrons. The maximum Gasteiger partial charge on any atom is 0.255 e. The van der Waals surface area contributed by atoms with Gasteiger partial charge in [-0.15, -0.1) is 0 Å². The van der Waals surface area contributed by atoms with Gasteiger partial charge in [-0.2, -0.15) is 0 Å². The highest BCUT2D eigenvalue weighted by Gasteiger charge is 2.26. The molecule has 3 aromatic rings. The van der Waals surface area contributed by atoms with Crippen molar-refractivity contribution in [2.24, 2.45) is 0 Å². The zero-order chi connectivity index (χ0) is 20.3. The Labute approximate surface area is 172 Å². The SMILES string of the molecule is CC[C@@H](C)N(C(=O)c1cc(-c2ccc(Cl)cc2)nc2ccccc12)[C@H](C)CC. The molecule has 0 aliphatic heterocycles. The van der Waals surface area contributed by atoms with Gasteiger partial charge in [0.1, 0.15) is 0 Å². The Morgan fingerprint density at radius 3 is 2.21 bits per heavy atom. The maximum absolute atomic E-state index is 13.7. The molecule has 3 rings (SSSR count). The van der Waals surface area contributed by atoms with Gasteiger partial charge in [-0.25, -0.2) is 4.98 Å². The van der Waals surface area contributed by atoms with Crippen molar-refractivity contribution in [1.82, 2.24) is 9.88 Å². The highest BCUT2D eigenvalue weighted by Crippen LogP contribution is 2.28. The number of pyridine rings is 1. The third-order valence-electron chi connectivity index (χ3n) is 5.45. The van der Waals surface area contributed by atoms with Gasteiger partial charge in [0.15, 0.2) is 0 Å². The Balaban J connectivity index is 2.18. The first kappa shape index (κ1) is 20.3. The van der Waals surface area contributed by atoms with E-state index in [1.165, 1.54) is 0 Å². The summed E-state index contributed by atoms with van der Waals surface area (Å²) in [5.41, 5.74) is 3.26. The fourth-order valence-corrected chi connectivity index (χ4v) is 3.61. The lowest BCUT2D eigenvalue weighted by molar-refractivity contribution is 0.0600. The van der Waals surface area contributed by atoms with Crippen LogP contribution in [0.5, 0.6) is 0 Å². The fraction of sp³-hybridized carbons (Fsp3) is 0.333. The summed E-state index contributed by atoms with van der Waals surface area (Å²) in [5.74, 6) is 0.0671. The number of aromatic nitrogens is 1. The van der Waals surface area contributed by atoms with Crippen LogP contribution in [0.15, 0.2) is 54.6 Å². The number of para-hydroxylation sites is 1. The first-order valence-electron chi connectivity index (χ1n) is 9.94. The third kappa shape index (κ3) is 4.05. The molecule has 2 atom stereocenters. The predicted molar refractivity (Wildman–Crippen MR) is 118 cm³/mol. The minimum absolute atomic E-state index is 0.0671. The number of halogens is 1. The fourth-order valence-electron chi connectivity index (χ4n) is 3.49. The van der Waals surface area contributed by atoms with Crippen molar-refractivity contribution < 1.29 is 4.79 Å². The lowest BCUT2D eigenvalue weighted by Gasteiger charge is -2.34. The van der Waals surface area contributed by atoms with Gasteiger partial charge < -0.3 is 4.90 Å². The molecule has 0 unspecified atom stereocenters. The Kier molecular flexibility index (Phi) is 6.35. The molecule has 1 aromatic heterocycles. The van der Waals surface area contributed by atoms with E-state index in [0.29, 0.717) is 10.6 Å². The second kappa shape index (κ2) is 8.74. The van der Waals surface area contributed by atoms with Crippen LogP contribution in [0.4, 0.5) is 0 Å². The van der Waals surface area contributed by atoms with E-state index >= 15 is 0 Å². The molecule has 0 N–H and O–H groups in total. The summed E-state index contributed by atoms with van der Waals surface area (Å²) in [7, 11) is 0. The van der Waals surface area contributed by atoms with Crippen LogP contribution in [0.25, 0.3) is 22.2 Å². The Morgan fingerprint density at radius 1 is 1.00 bits per heavy atom. The van der Waals surface area contributed by atoms with Gasteiger partial charge in [-0.3, -0.25) is 4.79 Å². The van der Waals surface area contributed by atoms with Crippen LogP contribution in [-0.4, -0.2) is 27.9 Å². The Morgan fingerprint density at radius 2 is 1.61 bits per heavy atom. The molecule has 0 aliphatic carbocycles. The predicted octanol–water partition coefficient (Wildman–Crippen LogP) is 6.59. The van der Waals surface area contributed by atoms with Crippen LogP contribution in [0.1, 0.15) is 50.9 Å². The van der Waals surface area contributed by atoms with E-state index in [2.05, 4.69) is 27.7 Å². The molecule has 4 heteroatoms. The third-order valence-corrected chi connectivity index (χ3v) is 5.70. The number of hydrogen-bond acceptors (Lipinski definition) is 2. The molecular weight excluding hydrogens is 368 g/mol. The number of carbonyl (C=O) groups is 1. The van der Waals surface area contributed by atoms with Crippen LogP contribution in [0, 0.1) is 0 Å². The number of rotatable bonds is 6. The highest BCUT2D eigenvalue weighted by atomic mass is 35.5.